The monoisotopic (exact) mass is 300 g/mol. The molecular weight excluding hydrogens is 284 g/mol. The molecule has 1 unspecified atom stereocenters. The Kier molecular flexibility index (Phi) is 4.63. The fourth-order valence-corrected chi connectivity index (χ4v) is 3.06. The predicted octanol–water partition coefficient (Wildman–Crippen LogP) is 0.410. The number of nitro groups is 1. The van der Waals surface area contributed by atoms with E-state index < -0.39 is 14.9 Å². The van der Waals surface area contributed by atoms with Crippen LogP contribution < -0.4 is 10.0 Å². The summed E-state index contributed by atoms with van der Waals surface area (Å²) in [5, 5.41) is 13.7. The third-order valence-electron chi connectivity index (χ3n) is 3.15. The normalized spacial score (nSPS) is 19.7. The van der Waals surface area contributed by atoms with Gasteiger partial charge in [0.05, 0.1) is 0 Å². The summed E-state index contributed by atoms with van der Waals surface area (Å²) in [4.78, 5) is 13.2. The van der Waals surface area contributed by atoms with Gasteiger partial charge >= 0.3 is 5.82 Å². The van der Waals surface area contributed by atoms with Crippen LogP contribution in [0.1, 0.15) is 19.3 Å². The van der Waals surface area contributed by atoms with Crippen molar-refractivity contribution in [3.8, 4) is 0 Å². The minimum atomic E-state index is -3.68. The zero-order chi connectivity index (χ0) is 14.6. The van der Waals surface area contributed by atoms with Gasteiger partial charge in [-0.3, -0.25) is 0 Å². The van der Waals surface area contributed by atoms with Gasteiger partial charge in [-0.05, 0) is 35.4 Å². The molecule has 2 N–H and O–H groups in total. The fourth-order valence-electron chi connectivity index (χ4n) is 2.03. The molecule has 1 aromatic rings. The van der Waals surface area contributed by atoms with Gasteiger partial charge in [-0.2, -0.15) is 0 Å². The molecule has 0 amide bonds. The minimum Gasteiger partial charge on any atom is -0.358 e. The van der Waals surface area contributed by atoms with Crippen LogP contribution in [0.2, 0.25) is 0 Å². The van der Waals surface area contributed by atoms with E-state index in [4.69, 9.17) is 0 Å². The Morgan fingerprint density at radius 2 is 2.25 bits per heavy atom. The van der Waals surface area contributed by atoms with Crippen molar-refractivity contribution in [2.45, 2.75) is 30.2 Å². The van der Waals surface area contributed by atoms with Crippen molar-refractivity contribution >= 4 is 15.8 Å². The van der Waals surface area contributed by atoms with Crippen LogP contribution in [0.15, 0.2) is 23.2 Å². The molecule has 20 heavy (non-hydrogen) atoms. The van der Waals surface area contributed by atoms with Gasteiger partial charge in [0.2, 0.25) is 10.0 Å². The van der Waals surface area contributed by atoms with E-state index in [9.17, 15) is 18.5 Å². The number of piperidine rings is 1. The molecule has 1 aliphatic heterocycles. The van der Waals surface area contributed by atoms with Crippen molar-refractivity contribution in [2.75, 3.05) is 13.1 Å². The van der Waals surface area contributed by atoms with Crippen LogP contribution in [0.4, 0.5) is 5.82 Å². The quantitative estimate of drug-likeness (QED) is 0.601. The molecule has 0 saturated carbocycles. The van der Waals surface area contributed by atoms with Gasteiger partial charge in [-0.1, -0.05) is 6.42 Å². The summed E-state index contributed by atoms with van der Waals surface area (Å²) in [6, 6.07) is 2.39. The van der Waals surface area contributed by atoms with Crippen molar-refractivity contribution in [2.24, 2.45) is 0 Å². The molecule has 1 aromatic heterocycles. The number of hydrogen-bond donors (Lipinski definition) is 2. The lowest BCUT2D eigenvalue weighted by Gasteiger charge is -2.23. The van der Waals surface area contributed by atoms with Crippen molar-refractivity contribution in [1.29, 1.82) is 0 Å². The molecule has 1 saturated heterocycles. The highest BCUT2D eigenvalue weighted by Gasteiger charge is 2.20. The third-order valence-corrected chi connectivity index (χ3v) is 4.56. The molecule has 2 heterocycles. The fraction of sp³-hybridized carbons (Fsp3) is 0.545. The van der Waals surface area contributed by atoms with Crippen molar-refractivity contribution in [3.63, 3.8) is 0 Å². The predicted molar refractivity (Wildman–Crippen MR) is 71.7 cm³/mol. The topological polar surface area (TPSA) is 114 Å². The van der Waals surface area contributed by atoms with E-state index in [1.165, 1.54) is 6.07 Å². The van der Waals surface area contributed by atoms with Crippen LogP contribution >= 0.6 is 0 Å². The maximum Gasteiger partial charge on any atom is 0.363 e. The Morgan fingerprint density at radius 1 is 1.45 bits per heavy atom. The molecule has 9 heteroatoms. The first-order chi connectivity index (χ1) is 9.49. The van der Waals surface area contributed by atoms with Crippen LogP contribution in [0.5, 0.6) is 0 Å². The summed E-state index contributed by atoms with van der Waals surface area (Å²) in [6.45, 7) is 1.20. The highest BCUT2D eigenvalue weighted by atomic mass is 32.2. The summed E-state index contributed by atoms with van der Waals surface area (Å²) in [6.07, 6.45) is 4.11. The maximum atomic E-state index is 12.0. The van der Waals surface area contributed by atoms with Crippen LogP contribution in [0.3, 0.4) is 0 Å². The second-order valence-corrected chi connectivity index (χ2v) is 6.37. The summed E-state index contributed by atoms with van der Waals surface area (Å²) in [5.41, 5.74) is 0. The maximum absolute atomic E-state index is 12.0. The first-order valence-electron chi connectivity index (χ1n) is 6.32. The van der Waals surface area contributed by atoms with E-state index in [1.54, 1.807) is 0 Å². The van der Waals surface area contributed by atoms with E-state index in [2.05, 4.69) is 15.0 Å². The van der Waals surface area contributed by atoms with Gasteiger partial charge in [-0.15, -0.1) is 0 Å². The van der Waals surface area contributed by atoms with Gasteiger partial charge in [0.1, 0.15) is 4.90 Å². The third kappa shape index (κ3) is 3.71. The number of aromatic nitrogens is 1. The zero-order valence-corrected chi connectivity index (χ0v) is 11.6. The molecule has 0 aliphatic carbocycles. The minimum absolute atomic E-state index is 0.0705. The molecule has 8 nitrogen and oxygen atoms in total. The van der Waals surface area contributed by atoms with E-state index >= 15 is 0 Å². The average Bonchev–Trinajstić information content (AvgIpc) is 2.46. The number of hydrogen-bond acceptors (Lipinski definition) is 6. The van der Waals surface area contributed by atoms with E-state index in [1.807, 2.05) is 0 Å². The SMILES string of the molecule is O=[N+]([O-])c1ccc(S(=O)(=O)NCC2CCCCN2)cn1. The lowest BCUT2D eigenvalue weighted by atomic mass is 10.1. The molecule has 1 atom stereocenters. The molecule has 0 radical (unpaired) electrons. The summed E-state index contributed by atoms with van der Waals surface area (Å²) in [5.74, 6) is -0.377. The molecule has 1 fully saturated rings. The van der Waals surface area contributed by atoms with Crippen molar-refractivity contribution in [3.05, 3.63) is 28.4 Å². The summed E-state index contributed by atoms with van der Waals surface area (Å²) < 4.78 is 26.5. The van der Waals surface area contributed by atoms with Crippen LogP contribution in [-0.2, 0) is 10.0 Å². The number of rotatable bonds is 5. The number of pyridine rings is 1. The lowest BCUT2D eigenvalue weighted by Crippen LogP contribution is -2.43. The highest BCUT2D eigenvalue weighted by Crippen LogP contribution is 2.13. The Balaban J connectivity index is 2.00. The summed E-state index contributed by atoms with van der Waals surface area (Å²) >= 11 is 0. The van der Waals surface area contributed by atoms with Gasteiger partial charge < -0.3 is 15.4 Å². The molecule has 0 bridgehead atoms. The first-order valence-corrected chi connectivity index (χ1v) is 7.81. The van der Waals surface area contributed by atoms with Crippen LogP contribution in [-0.4, -0.2) is 37.5 Å². The largest absolute Gasteiger partial charge is 0.363 e. The Bertz CT molecular complexity index is 567. The lowest BCUT2D eigenvalue weighted by molar-refractivity contribution is -0.389. The van der Waals surface area contributed by atoms with Gasteiger partial charge in [0.25, 0.3) is 0 Å². The number of sulfonamides is 1. The Labute approximate surface area is 116 Å². The van der Waals surface area contributed by atoms with E-state index in [0.29, 0.717) is 6.54 Å². The molecular formula is C11H16N4O4S. The average molecular weight is 300 g/mol. The molecule has 1 aliphatic rings. The van der Waals surface area contributed by atoms with Gasteiger partial charge in [0, 0.05) is 18.7 Å². The van der Waals surface area contributed by atoms with Gasteiger partial charge in [-0.25, -0.2) is 13.1 Å². The smallest absolute Gasteiger partial charge is 0.358 e. The Hall–Kier alpha value is -1.58. The second kappa shape index (κ2) is 6.25. The van der Waals surface area contributed by atoms with Crippen molar-refractivity contribution < 1.29 is 13.3 Å². The van der Waals surface area contributed by atoms with Gasteiger partial charge in [0.15, 0.2) is 6.20 Å². The highest BCUT2D eigenvalue weighted by molar-refractivity contribution is 7.89. The first kappa shape index (κ1) is 14.8. The van der Waals surface area contributed by atoms with E-state index in [0.717, 1.165) is 38.1 Å². The van der Waals surface area contributed by atoms with Crippen molar-refractivity contribution in [1.82, 2.24) is 15.0 Å². The Morgan fingerprint density at radius 3 is 2.80 bits per heavy atom. The summed E-state index contributed by atoms with van der Waals surface area (Å²) in [7, 11) is -3.68. The standard InChI is InChI=1S/C11H16N4O4S/c16-15(17)11-5-4-10(8-13-11)20(18,19)14-7-9-3-1-2-6-12-9/h4-5,8-9,12,14H,1-3,6-7H2. The molecule has 2 rings (SSSR count). The number of nitrogens with one attached hydrogen (secondary N) is 2. The second-order valence-electron chi connectivity index (χ2n) is 4.61. The zero-order valence-electron chi connectivity index (χ0n) is 10.8. The molecule has 110 valence electrons. The molecule has 0 spiro atoms. The van der Waals surface area contributed by atoms with Crippen LogP contribution in [0, 0.1) is 10.1 Å². The number of nitrogens with zero attached hydrogens (tertiary/aromatic N) is 2. The van der Waals surface area contributed by atoms with Crippen LogP contribution in [0.25, 0.3) is 0 Å². The van der Waals surface area contributed by atoms with E-state index in [-0.39, 0.29) is 16.8 Å². The molecule has 0 aromatic carbocycles.